The van der Waals surface area contributed by atoms with Crippen LogP contribution in [0.3, 0.4) is 0 Å². The Morgan fingerprint density at radius 1 is 1.62 bits per heavy atom. The second-order valence-corrected chi connectivity index (χ2v) is 4.70. The largest absolute Gasteiger partial charge is 0.389 e. The van der Waals surface area contributed by atoms with Gasteiger partial charge in [0.2, 0.25) is 0 Å². The van der Waals surface area contributed by atoms with Crippen molar-refractivity contribution in [3.8, 4) is 0 Å². The van der Waals surface area contributed by atoms with Gasteiger partial charge in [-0.3, -0.25) is 0 Å². The highest BCUT2D eigenvalue weighted by Crippen LogP contribution is 2.36. The van der Waals surface area contributed by atoms with Gasteiger partial charge in [-0.2, -0.15) is 0 Å². The smallest absolute Gasteiger partial charge is 0.111 e. The SMILES string of the molecule is CCCn1ccnc1CC1(O)CC(OC)C1. The first kappa shape index (κ1) is 11.6. The molecule has 0 unspecified atom stereocenters. The molecule has 0 radical (unpaired) electrons. The molecule has 90 valence electrons. The number of hydrogen-bond donors (Lipinski definition) is 1. The minimum Gasteiger partial charge on any atom is -0.389 e. The van der Waals surface area contributed by atoms with Crippen LogP contribution in [0, 0.1) is 0 Å². The van der Waals surface area contributed by atoms with Crippen LogP contribution < -0.4 is 0 Å². The maximum Gasteiger partial charge on any atom is 0.111 e. The van der Waals surface area contributed by atoms with E-state index in [4.69, 9.17) is 4.74 Å². The van der Waals surface area contributed by atoms with Gasteiger partial charge in [0.1, 0.15) is 5.82 Å². The van der Waals surface area contributed by atoms with Gasteiger partial charge in [-0.1, -0.05) is 6.92 Å². The Kier molecular flexibility index (Phi) is 3.30. The lowest BCUT2D eigenvalue weighted by molar-refractivity contribution is -0.127. The maximum atomic E-state index is 10.2. The zero-order valence-electron chi connectivity index (χ0n) is 10.0. The molecule has 4 heteroatoms. The molecule has 2 rings (SSSR count). The normalized spacial score (nSPS) is 29.1. The van der Waals surface area contributed by atoms with E-state index >= 15 is 0 Å². The van der Waals surface area contributed by atoms with Crippen molar-refractivity contribution in [1.29, 1.82) is 0 Å². The highest BCUT2D eigenvalue weighted by Gasteiger charge is 2.43. The van der Waals surface area contributed by atoms with Crippen LogP contribution in [0.5, 0.6) is 0 Å². The summed E-state index contributed by atoms with van der Waals surface area (Å²) in [6.45, 7) is 3.11. The molecule has 1 N–H and O–H groups in total. The monoisotopic (exact) mass is 224 g/mol. The molecule has 0 saturated heterocycles. The number of aryl methyl sites for hydroxylation is 1. The van der Waals surface area contributed by atoms with Gasteiger partial charge in [0, 0.05) is 45.3 Å². The number of aromatic nitrogens is 2. The van der Waals surface area contributed by atoms with E-state index in [1.807, 2.05) is 6.20 Å². The van der Waals surface area contributed by atoms with E-state index in [0.29, 0.717) is 6.42 Å². The zero-order chi connectivity index (χ0) is 11.6. The second-order valence-electron chi connectivity index (χ2n) is 4.70. The summed E-state index contributed by atoms with van der Waals surface area (Å²) in [5.74, 6) is 0.985. The summed E-state index contributed by atoms with van der Waals surface area (Å²) in [5, 5.41) is 10.2. The third kappa shape index (κ3) is 2.28. The van der Waals surface area contributed by atoms with E-state index in [2.05, 4.69) is 16.5 Å². The van der Waals surface area contributed by atoms with Crippen molar-refractivity contribution >= 4 is 0 Å². The van der Waals surface area contributed by atoms with Gasteiger partial charge >= 0.3 is 0 Å². The molecule has 1 aromatic rings. The molecule has 1 aromatic heterocycles. The molecule has 1 aliphatic rings. The lowest BCUT2D eigenvalue weighted by Gasteiger charge is -2.42. The summed E-state index contributed by atoms with van der Waals surface area (Å²) >= 11 is 0. The maximum absolute atomic E-state index is 10.2. The average molecular weight is 224 g/mol. The molecular weight excluding hydrogens is 204 g/mol. The first-order valence-corrected chi connectivity index (χ1v) is 5.92. The van der Waals surface area contributed by atoms with Gasteiger partial charge in [-0.15, -0.1) is 0 Å². The number of aliphatic hydroxyl groups is 1. The molecule has 4 nitrogen and oxygen atoms in total. The molecule has 0 bridgehead atoms. The van der Waals surface area contributed by atoms with Crippen molar-refractivity contribution in [3.05, 3.63) is 18.2 Å². The van der Waals surface area contributed by atoms with Crippen LogP contribution in [-0.2, 0) is 17.7 Å². The summed E-state index contributed by atoms with van der Waals surface area (Å²) < 4.78 is 7.31. The first-order valence-electron chi connectivity index (χ1n) is 5.92. The van der Waals surface area contributed by atoms with Gasteiger partial charge in [0.05, 0.1) is 11.7 Å². The number of nitrogens with zero attached hydrogens (tertiary/aromatic N) is 2. The predicted molar refractivity (Wildman–Crippen MR) is 61.2 cm³/mol. The van der Waals surface area contributed by atoms with Crippen LogP contribution in [-0.4, -0.2) is 33.5 Å². The summed E-state index contributed by atoms with van der Waals surface area (Å²) in [4.78, 5) is 4.31. The van der Waals surface area contributed by atoms with Crippen molar-refractivity contribution in [2.24, 2.45) is 0 Å². The number of imidazole rings is 1. The van der Waals surface area contributed by atoms with Gasteiger partial charge in [0.15, 0.2) is 0 Å². The quantitative estimate of drug-likeness (QED) is 0.822. The number of methoxy groups -OCH3 is 1. The number of ether oxygens (including phenoxy) is 1. The Labute approximate surface area is 96.3 Å². The highest BCUT2D eigenvalue weighted by atomic mass is 16.5. The Morgan fingerprint density at radius 2 is 2.38 bits per heavy atom. The van der Waals surface area contributed by atoms with Crippen LogP contribution in [0.4, 0.5) is 0 Å². The van der Waals surface area contributed by atoms with Crippen molar-refractivity contribution in [2.75, 3.05) is 7.11 Å². The Bertz CT molecular complexity index is 343. The van der Waals surface area contributed by atoms with Crippen molar-refractivity contribution in [1.82, 2.24) is 9.55 Å². The summed E-state index contributed by atoms with van der Waals surface area (Å²) in [7, 11) is 1.70. The Balaban J connectivity index is 1.96. The van der Waals surface area contributed by atoms with Gasteiger partial charge in [-0.05, 0) is 6.42 Å². The van der Waals surface area contributed by atoms with Crippen LogP contribution >= 0.6 is 0 Å². The van der Waals surface area contributed by atoms with E-state index in [0.717, 1.165) is 31.6 Å². The van der Waals surface area contributed by atoms with E-state index in [1.54, 1.807) is 13.3 Å². The molecule has 0 aliphatic heterocycles. The van der Waals surface area contributed by atoms with Crippen molar-refractivity contribution in [3.63, 3.8) is 0 Å². The minimum absolute atomic E-state index is 0.222. The van der Waals surface area contributed by atoms with Gasteiger partial charge in [-0.25, -0.2) is 4.98 Å². The molecule has 1 saturated carbocycles. The van der Waals surface area contributed by atoms with Crippen LogP contribution in [0.2, 0.25) is 0 Å². The van der Waals surface area contributed by atoms with Crippen molar-refractivity contribution < 1.29 is 9.84 Å². The molecule has 0 spiro atoms. The van der Waals surface area contributed by atoms with E-state index in [9.17, 15) is 5.11 Å². The van der Waals surface area contributed by atoms with Crippen LogP contribution in [0.1, 0.15) is 32.0 Å². The van der Waals surface area contributed by atoms with E-state index in [1.165, 1.54) is 0 Å². The molecule has 0 amide bonds. The second kappa shape index (κ2) is 4.55. The van der Waals surface area contributed by atoms with Gasteiger partial charge < -0.3 is 14.4 Å². The topological polar surface area (TPSA) is 47.3 Å². The summed E-state index contributed by atoms with van der Waals surface area (Å²) in [6, 6.07) is 0. The Morgan fingerprint density at radius 3 is 3.00 bits per heavy atom. The van der Waals surface area contributed by atoms with Crippen LogP contribution in [0.15, 0.2) is 12.4 Å². The third-order valence-corrected chi connectivity index (χ3v) is 3.30. The molecule has 16 heavy (non-hydrogen) atoms. The fourth-order valence-electron chi connectivity index (χ4n) is 2.34. The lowest BCUT2D eigenvalue weighted by Crippen LogP contribution is -2.50. The van der Waals surface area contributed by atoms with E-state index < -0.39 is 5.60 Å². The fourth-order valence-corrected chi connectivity index (χ4v) is 2.34. The minimum atomic E-state index is -0.600. The standard InChI is InChI=1S/C12H20N2O2/c1-3-5-14-6-4-13-11(14)9-12(15)7-10(8-12)16-2/h4,6,10,15H,3,5,7-9H2,1-2H3. The Hall–Kier alpha value is -0.870. The summed E-state index contributed by atoms with van der Waals surface area (Å²) in [5.41, 5.74) is -0.600. The molecule has 0 aromatic carbocycles. The lowest BCUT2D eigenvalue weighted by atomic mass is 9.75. The molecule has 1 fully saturated rings. The predicted octanol–water partition coefficient (Wildman–Crippen LogP) is 1.38. The number of hydrogen-bond acceptors (Lipinski definition) is 3. The highest BCUT2D eigenvalue weighted by molar-refractivity contribution is 5.05. The van der Waals surface area contributed by atoms with Gasteiger partial charge in [0.25, 0.3) is 0 Å². The van der Waals surface area contributed by atoms with E-state index in [-0.39, 0.29) is 6.10 Å². The first-order chi connectivity index (χ1) is 7.67. The molecular formula is C12H20N2O2. The molecule has 1 heterocycles. The molecule has 1 aliphatic carbocycles. The van der Waals surface area contributed by atoms with Crippen LogP contribution in [0.25, 0.3) is 0 Å². The van der Waals surface area contributed by atoms with Crippen molar-refractivity contribution in [2.45, 2.75) is 50.9 Å². The molecule has 0 atom stereocenters. The number of rotatable bonds is 5. The summed E-state index contributed by atoms with van der Waals surface area (Å²) in [6.07, 6.45) is 7.18. The zero-order valence-corrected chi connectivity index (χ0v) is 10.0. The third-order valence-electron chi connectivity index (χ3n) is 3.30. The fraction of sp³-hybridized carbons (Fsp3) is 0.750. The average Bonchev–Trinajstić information content (AvgIpc) is 2.62.